The van der Waals surface area contributed by atoms with Crippen molar-refractivity contribution in [3.8, 4) is 5.75 Å². The third kappa shape index (κ3) is 5.48. The number of anilines is 1. The van der Waals surface area contributed by atoms with E-state index in [0.29, 0.717) is 17.9 Å². The Labute approximate surface area is 189 Å². The minimum Gasteiger partial charge on any atom is -0.497 e. The van der Waals surface area contributed by atoms with E-state index in [9.17, 15) is 13.2 Å². The molecule has 3 rings (SSSR count). The lowest BCUT2D eigenvalue weighted by Gasteiger charge is -2.26. The van der Waals surface area contributed by atoms with Crippen molar-refractivity contribution in [2.24, 2.45) is 0 Å². The van der Waals surface area contributed by atoms with Crippen molar-refractivity contribution in [3.05, 3.63) is 90.0 Å². The molecule has 32 heavy (non-hydrogen) atoms. The molecule has 0 saturated heterocycles. The molecule has 0 aromatic heterocycles. The van der Waals surface area contributed by atoms with Gasteiger partial charge < -0.3 is 10.1 Å². The van der Waals surface area contributed by atoms with Crippen LogP contribution in [-0.4, -0.2) is 28.0 Å². The van der Waals surface area contributed by atoms with Crippen molar-refractivity contribution in [2.45, 2.75) is 31.2 Å². The van der Waals surface area contributed by atoms with Gasteiger partial charge in [0, 0.05) is 6.07 Å². The van der Waals surface area contributed by atoms with Crippen LogP contribution in [0.15, 0.2) is 83.8 Å². The van der Waals surface area contributed by atoms with Crippen LogP contribution in [0.2, 0.25) is 0 Å². The first kappa shape index (κ1) is 23.3. The third-order valence-electron chi connectivity index (χ3n) is 5.18. The summed E-state index contributed by atoms with van der Waals surface area (Å²) in [5.74, 6) is 0.113. The summed E-state index contributed by atoms with van der Waals surface area (Å²) in [4.78, 5) is 13.1. The van der Waals surface area contributed by atoms with E-state index in [2.05, 4.69) is 5.32 Å². The quantitative estimate of drug-likeness (QED) is 0.520. The van der Waals surface area contributed by atoms with Gasteiger partial charge in [-0.3, -0.25) is 9.10 Å². The number of hydrogen-bond acceptors (Lipinski definition) is 4. The van der Waals surface area contributed by atoms with E-state index < -0.39 is 10.0 Å². The van der Waals surface area contributed by atoms with Crippen molar-refractivity contribution in [3.63, 3.8) is 0 Å². The van der Waals surface area contributed by atoms with E-state index in [1.807, 2.05) is 38.1 Å². The fraction of sp³-hybridized carbons (Fsp3) is 0.240. The summed E-state index contributed by atoms with van der Waals surface area (Å²) in [6, 6.07) is 22.5. The summed E-state index contributed by atoms with van der Waals surface area (Å²) < 4.78 is 33.2. The van der Waals surface area contributed by atoms with Crippen molar-refractivity contribution in [2.75, 3.05) is 18.0 Å². The summed E-state index contributed by atoms with van der Waals surface area (Å²) in [5.41, 5.74) is 2.46. The van der Waals surface area contributed by atoms with Gasteiger partial charge in [0.25, 0.3) is 10.0 Å². The Morgan fingerprint density at radius 1 is 1.00 bits per heavy atom. The third-order valence-corrected chi connectivity index (χ3v) is 6.97. The normalized spacial score (nSPS) is 12.1. The highest BCUT2D eigenvalue weighted by molar-refractivity contribution is 7.92. The summed E-state index contributed by atoms with van der Waals surface area (Å²) >= 11 is 0. The maximum atomic E-state index is 13.4. The molecule has 0 aliphatic rings. The van der Waals surface area contributed by atoms with Crippen LogP contribution in [0.1, 0.15) is 30.5 Å². The molecule has 0 bridgehead atoms. The minimum atomic E-state index is -3.97. The number of carbonyl (C=O) groups excluding carboxylic acids is 1. The molecule has 0 radical (unpaired) electrons. The Morgan fingerprint density at radius 3 is 2.31 bits per heavy atom. The standard InChI is InChI=1S/C25H28N2O4S/c1-4-24(20-15-13-19(2)14-16-20)26-25(28)18-27(21-9-8-10-22(17-21)31-3)32(29,30)23-11-6-5-7-12-23/h5-17,24H,4,18H2,1-3H3,(H,26,28)/t24-/m0/s1. The number of ether oxygens (including phenoxy) is 1. The molecule has 7 heteroatoms. The lowest BCUT2D eigenvalue weighted by atomic mass is 10.0. The zero-order valence-electron chi connectivity index (χ0n) is 18.5. The minimum absolute atomic E-state index is 0.112. The summed E-state index contributed by atoms with van der Waals surface area (Å²) in [5, 5.41) is 2.98. The molecule has 0 heterocycles. The van der Waals surface area contributed by atoms with E-state index in [0.717, 1.165) is 15.4 Å². The molecule has 6 nitrogen and oxygen atoms in total. The molecule has 1 N–H and O–H groups in total. The maximum absolute atomic E-state index is 13.4. The van der Waals surface area contributed by atoms with Gasteiger partial charge in [0.15, 0.2) is 0 Å². The van der Waals surface area contributed by atoms with Crippen LogP contribution in [0.25, 0.3) is 0 Å². The Bertz CT molecular complexity index is 1150. The zero-order chi connectivity index (χ0) is 23.1. The number of hydrogen-bond donors (Lipinski definition) is 1. The highest BCUT2D eigenvalue weighted by Gasteiger charge is 2.28. The van der Waals surface area contributed by atoms with E-state index in [-0.39, 0.29) is 23.4 Å². The van der Waals surface area contributed by atoms with Crippen LogP contribution in [-0.2, 0) is 14.8 Å². The van der Waals surface area contributed by atoms with Gasteiger partial charge in [0.2, 0.25) is 5.91 Å². The maximum Gasteiger partial charge on any atom is 0.264 e. The molecule has 0 aliphatic carbocycles. The number of nitrogens with zero attached hydrogens (tertiary/aromatic N) is 1. The first-order valence-corrected chi connectivity index (χ1v) is 11.9. The number of nitrogens with one attached hydrogen (secondary N) is 1. The van der Waals surface area contributed by atoms with E-state index in [4.69, 9.17) is 4.74 Å². The highest BCUT2D eigenvalue weighted by atomic mass is 32.2. The molecule has 1 atom stereocenters. The van der Waals surface area contributed by atoms with Crippen LogP contribution < -0.4 is 14.4 Å². The Hall–Kier alpha value is -3.32. The molecule has 0 spiro atoms. The molecule has 0 unspecified atom stereocenters. The van der Waals surface area contributed by atoms with E-state index >= 15 is 0 Å². The first-order valence-electron chi connectivity index (χ1n) is 10.4. The molecule has 0 fully saturated rings. The highest BCUT2D eigenvalue weighted by Crippen LogP contribution is 2.27. The van der Waals surface area contributed by atoms with Crippen molar-refractivity contribution >= 4 is 21.6 Å². The number of benzene rings is 3. The smallest absolute Gasteiger partial charge is 0.264 e. The summed E-state index contributed by atoms with van der Waals surface area (Å²) in [6.07, 6.45) is 0.680. The Kier molecular flexibility index (Phi) is 7.53. The molecule has 3 aromatic rings. The lowest BCUT2D eigenvalue weighted by Crippen LogP contribution is -2.42. The molecular weight excluding hydrogens is 424 g/mol. The Morgan fingerprint density at radius 2 is 1.69 bits per heavy atom. The largest absolute Gasteiger partial charge is 0.497 e. The second kappa shape index (κ2) is 10.3. The van der Waals surface area contributed by atoms with Crippen molar-refractivity contribution < 1.29 is 17.9 Å². The van der Waals surface area contributed by atoms with Crippen LogP contribution in [0.4, 0.5) is 5.69 Å². The van der Waals surface area contributed by atoms with E-state index in [1.165, 1.54) is 19.2 Å². The van der Waals surface area contributed by atoms with Crippen LogP contribution >= 0.6 is 0 Å². The lowest BCUT2D eigenvalue weighted by molar-refractivity contribution is -0.120. The molecule has 1 amide bonds. The zero-order valence-corrected chi connectivity index (χ0v) is 19.3. The predicted octanol–water partition coefficient (Wildman–Crippen LogP) is 4.47. The molecular formula is C25H28N2O4S. The monoisotopic (exact) mass is 452 g/mol. The number of carbonyl (C=O) groups is 1. The van der Waals surface area contributed by atoms with Crippen LogP contribution in [0.5, 0.6) is 5.75 Å². The topological polar surface area (TPSA) is 75.7 Å². The van der Waals surface area contributed by atoms with Gasteiger partial charge >= 0.3 is 0 Å². The number of methoxy groups -OCH3 is 1. The second-order valence-electron chi connectivity index (χ2n) is 7.47. The number of rotatable bonds is 9. The average Bonchev–Trinajstić information content (AvgIpc) is 2.82. The average molecular weight is 453 g/mol. The van der Waals surface area contributed by atoms with Gasteiger partial charge in [0.1, 0.15) is 12.3 Å². The predicted molar refractivity (Wildman–Crippen MR) is 126 cm³/mol. The first-order chi connectivity index (χ1) is 15.3. The van der Waals surface area contributed by atoms with Crippen LogP contribution in [0, 0.1) is 6.92 Å². The van der Waals surface area contributed by atoms with Gasteiger partial charge in [-0.2, -0.15) is 0 Å². The van der Waals surface area contributed by atoms with Crippen molar-refractivity contribution in [1.82, 2.24) is 5.32 Å². The molecule has 168 valence electrons. The van der Waals surface area contributed by atoms with Gasteiger partial charge in [-0.1, -0.05) is 61.0 Å². The number of amides is 1. The van der Waals surface area contributed by atoms with Gasteiger partial charge in [-0.05, 0) is 43.2 Å². The molecule has 3 aromatic carbocycles. The Balaban J connectivity index is 1.91. The summed E-state index contributed by atoms with van der Waals surface area (Å²) in [6.45, 7) is 3.63. The van der Waals surface area contributed by atoms with Gasteiger partial charge in [-0.25, -0.2) is 8.42 Å². The van der Waals surface area contributed by atoms with Crippen LogP contribution in [0.3, 0.4) is 0 Å². The second-order valence-corrected chi connectivity index (χ2v) is 9.33. The van der Waals surface area contributed by atoms with Gasteiger partial charge in [0.05, 0.1) is 23.7 Å². The van der Waals surface area contributed by atoms with E-state index in [1.54, 1.807) is 42.5 Å². The fourth-order valence-corrected chi connectivity index (χ4v) is 4.82. The fourth-order valence-electron chi connectivity index (χ4n) is 3.39. The SMILES string of the molecule is CC[C@H](NC(=O)CN(c1cccc(OC)c1)S(=O)(=O)c1ccccc1)c1ccc(C)cc1. The van der Waals surface area contributed by atoms with Gasteiger partial charge in [-0.15, -0.1) is 0 Å². The van der Waals surface area contributed by atoms with Crippen molar-refractivity contribution in [1.29, 1.82) is 0 Å². The molecule has 0 aliphatic heterocycles. The summed E-state index contributed by atoms with van der Waals surface area (Å²) in [7, 11) is -2.46. The number of sulfonamides is 1. The molecule has 0 saturated carbocycles. The number of aryl methyl sites for hydroxylation is 1.